The zero-order valence-electron chi connectivity index (χ0n) is 17.4. The molecule has 9 nitrogen and oxygen atoms in total. The largest absolute Gasteiger partial charge is 0.368 e. The van der Waals surface area contributed by atoms with Gasteiger partial charge in [0.05, 0.1) is 16.6 Å². The maximum atomic E-state index is 5.63. The topological polar surface area (TPSA) is 113 Å². The number of nitrogens with zero attached hydrogens (tertiary/aromatic N) is 8. The average molecular weight is 411 g/mol. The van der Waals surface area contributed by atoms with E-state index in [2.05, 4.69) is 56.4 Å². The second kappa shape index (κ2) is 6.98. The molecule has 154 valence electrons. The van der Waals surface area contributed by atoms with Crippen LogP contribution in [0.3, 0.4) is 0 Å². The maximum Gasteiger partial charge on any atom is 0.219 e. The molecule has 5 aromatic rings. The van der Waals surface area contributed by atoms with Crippen LogP contribution in [-0.4, -0.2) is 39.3 Å². The number of hydrogen-bond donors (Lipinski definition) is 1. The molecular weight excluding hydrogens is 390 g/mol. The van der Waals surface area contributed by atoms with Crippen molar-refractivity contribution in [3.63, 3.8) is 0 Å². The minimum absolute atomic E-state index is 0.217. The Kier molecular flexibility index (Phi) is 4.25. The molecule has 0 saturated carbocycles. The lowest BCUT2D eigenvalue weighted by Gasteiger charge is -2.25. The summed E-state index contributed by atoms with van der Waals surface area (Å²) in [7, 11) is 0. The van der Waals surface area contributed by atoms with Gasteiger partial charge in [-0.05, 0) is 50.6 Å². The van der Waals surface area contributed by atoms with Crippen LogP contribution in [0.1, 0.15) is 20.8 Å². The molecule has 0 aliphatic carbocycles. The van der Waals surface area contributed by atoms with Gasteiger partial charge in [-0.2, -0.15) is 5.10 Å². The van der Waals surface area contributed by atoms with Crippen molar-refractivity contribution < 1.29 is 0 Å². The number of hydrogen-bond acceptors (Lipinski definition) is 7. The summed E-state index contributed by atoms with van der Waals surface area (Å²) >= 11 is 0. The van der Waals surface area contributed by atoms with E-state index in [9.17, 15) is 0 Å². The highest BCUT2D eigenvalue weighted by Crippen LogP contribution is 2.34. The molecule has 0 unspecified atom stereocenters. The van der Waals surface area contributed by atoms with Gasteiger partial charge < -0.3 is 10.3 Å². The van der Waals surface area contributed by atoms with Crippen molar-refractivity contribution in [1.82, 2.24) is 39.3 Å². The van der Waals surface area contributed by atoms with E-state index in [4.69, 9.17) is 10.7 Å². The standard InChI is InChI=1S/C22H21N9/c1-22(2,3)31-18-7-6-14(15-10-26-21(23)27-11-15)9-17(18)29-20(31)16-5-4-8-25-19(16)30-13-24-12-28-30/h4-13H,1-3H3,(H2,23,26,27). The molecule has 31 heavy (non-hydrogen) atoms. The fourth-order valence-corrected chi connectivity index (χ4v) is 3.68. The minimum Gasteiger partial charge on any atom is -0.368 e. The second-order valence-corrected chi connectivity index (χ2v) is 8.19. The molecule has 9 heteroatoms. The number of nitrogen functional groups attached to an aromatic ring is 1. The molecule has 0 saturated heterocycles. The van der Waals surface area contributed by atoms with Crippen LogP contribution in [0.25, 0.3) is 39.4 Å². The summed E-state index contributed by atoms with van der Waals surface area (Å²) in [6, 6.07) is 10.1. The van der Waals surface area contributed by atoms with Crippen molar-refractivity contribution in [2.75, 3.05) is 5.73 Å². The number of nitrogens with two attached hydrogens (primary N) is 1. The van der Waals surface area contributed by atoms with Crippen molar-refractivity contribution >= 4 is 17.0 Å². The Labute approximate surface area is 178 Å². The van der Waals surface area contributed by atoms with E-state index < -0.39 is 0 Å². The molecule has 4 heterocycles. The molecule has 0 fully saturated rings. The Morgan fingerprint density at radius 1 is 0.968 bits per heavy atom. The summed E-state index contributed by atoms with van der Waals surface area (Å²) < 4.78 is 3.88. The molecule has 0 atom stereocenters. The Morgan fingerprint density at radius 2 is 1.77 bits per heavy atom. The van der Waals surface area contributed by atoms with Crippen LogP contribution in [0, 0.1) is 0 Å². The van der Waals surface area contributed by atoms with Crippen LogP contribution >= 0.6 is 0 Å². The average Bonchev–Trinajstić information content (AvgIpc) is 3.41. The molecule has 0 aliphatic rings. The van der Waals surface area contributed by atoms with Gasteiger partial charge in [-0.1, -0.05) is 6.07 Å². The summed E-state index contributed by atoms with van der Waals surface area (Å²) in [5.74, 6) is 1.74. The first kappa shape index (κ1) is 18.9. The van der Waals surface area contributed by atoms with Crippen LogP contribution in [0.2, 0.25) is 0 Å². The van der Waals surface area contributed by atoms with Crippen LogP contribution in [0.4, 0.5) is 5.95 Å². The van der Waals surface area contributed by atoms with Crippen molar-refractivity contribution in [3.8, 4) is 28.3 Å². The molecule has 2 N–H and O–H groups in total. The molecular formula is C22H21N9. The smallest absolute Gasteiger partial charge is 0.219 e. The molecule has 1 aromatic carbocycles. The number of rotatable bonds is 3. The Bertz CT molecular complexity index is 1360. The molecule has 0 radical (unpaired) electrons. The van der Waals surface area contributed by atoms with Gasteiger partial charge in [-0.3, -0.25) is 0 Å². The van der Waals surface area contributed by atoms with E-state index in [-0.39, 0.29) is 11.5 Å². The molecule has 0 spiro atoms. The zero-order valence-corrected chi connectivity index (χ0v) is 17.4. The number of pyridine rings is 1. The second-order valence-electron chi connectivity index (χ2n) is 8.19. The lowest BCUT2D eigenvalue weighted by atomic mass is 10.1. The van der Waals surface area contributed by atoms with E-state index >= 15 is 0 Å². The van der Waals surface area contributed by atoms with Gasteiger partial charge in [0.1, 0.15) is 18.5 Å². The monoisotopic (exact) mass is 411 g/mol. The van der Waals surface area contributed by atoms with Crippen molar-refractivity contribution in [2.24, 2.45) is 0 Å². The van der Waals surface area contributed by atoms with E-state index in [1.54, 1.807) is 29.6 Å². The summed E-state index contributed by atoms with van der Waals surface area (Å²) in [6.45, 7) is 6.47. The predicted molar refractivity (Wildman–Crippen MR) is 118 cm³/mol. The Balaban J connectivity index is 1.75. The van der Waals surface area contributed by atoms with Gasteiger partial charge in [0.2, 0.25) is 5.95 Å². The van der Waals surface area contributed by atoms with E-state index in [1.807, 2.05) is 24.3 Å². The third-order valence-corrected chi connectivity index (χ3v) is 4.99. The van der Waals surface area contributed by atoms with Gasteiger partial charge in [-0.25, -0.2) is 29.6 Å². The van der Waals surface area contributed by atoms with Gasteiger partial charge >= 0.3 is 0 Å². The number of imidazole rings is 1. The SMILES string of the molecule is CC(C)(C)n1c(-c2cccnc2-n2cncn2)nc2cc(-c3cnc(N)nc3)ccc21. The van der Waals surface area contributed by atoms with Crippen molar-refractivity contribution in [3.05, 3.63) is 61.6 Å². The van der Waals surface area contributed by atoms with Gasteiger partial charge in [0.25, 0.3) is 0 Å². The van der Waals surface area contributed by atoms with Crippen LogP contribution in [0.5, 0.6) is 0 Å². The molecule has 5 rings (SSSR count). The summed E-state index contributed by atoms with van der Waals surface area (Å²) in [5, 5.41) is 4.26. The summed E-state index contributed by atoms with van der Waals surface area (Å²) in [6.07, 6.45) is 8.30. The third-order valence-electron chi connectivity index (χ3n) is 4.99. The highest BCUT2D eigenvalue weighted by atomic mass is 15.3. The van der Waals surface area contributed by atoms with Crippen LogP contribution < -0.4 is 5.73 Å². The molecule has 0 amide bonds. The normalized spacial score (nSPS) is 11.8. The first-order valence-electron chi connectivity index (χ1n) is 9.83. The zero-order chi connectivity index (χ0) is 21.6. The maximum absolute atomic E-state index is 5.63. The van der Waals surface area contributed by atoms with Crippen molar-refractivity contribution in [1.29, 1.82) is 0 Å². The molecule has 0 bridgehead atoms. The van der Waals surface area contributed by atoms with Crippen LogP contribution in [0.15, 0.2) is 61.6 Å². The van der Waals surface area contributed by atoms with Gasteiger partial charge in [0, 0.05) is 29.7 Å². The fraction of sp³-hybridized carbons (Fsp3) is 0.182. The van der Waals surface area contributed by atoms with E-state index in [1.165, 1.54) is 6.33 Å². The molecule has 0 aliphatic heterocycles. The first-order chi connectivity index (χ1) is 14.9. The Morgan fingerprint density at radius 3 is 2.48 bits per heavy atom. The lowest BCUT2D eigenvalue weighted by molar-refractivity contribution is 0.413. The highest BCUT2D eigenvalue weighted by Gasteiger charge is 2.25. The predicted octanol–water partition coefficient (Wildman–Crippen LogP) is 3.47. The lowest BCUT2D eigenvalue weighted by Crippen LogP contribution is -2.23. The summed E-state index contributed by atoms with van der Waals surface area (Å²) in [5.41, 5.74) is 10.0. The Hall–Kier alpha value is -4.14. The van der Waals surface area contributed by atoms with Gasteiger partial charge in [-0.15, -0.1) is 0 Å². The highest BCUT2D eigenvalue weighted by molar-refractivity contribution is 5.86. The number of anilines is 1. The molecule has 4 aromatic heterocycles. The van der Waals surface area contributed by atoms with Crippen LogP contribution in [-0.2, 0) is 5.54 Å². The van der Waals surface area contributed by atoms with E-state index in [0.29, 0.717) is 5.82 Å². The first-order valence-corrected chi connectivity index (χ1v) is 9.83. The van der Waals surface area contributed by atoms with E-state index in [0.717, 1.165) is 33.5 Å². The number of benzene rings is 1. The number of aromatic nitrogens is 8. The van der Waals surface area contributed by atoms with Gasteiger partial charge in [0.15, 0.2) is 5.82 Å². The number of fused-ring (bicyclic) bond motifs is 1. The minimum atomic E-state index is -0.217. The van der Waals surface area contributed by atoms with Crippen molar-refractivity contribution in [2.45, 2.75) is 26.3 Å². The quantitative estimate of drug-likeness (QED) is 0.483. The summed E-state index contributed by atoms with van der Waals surface area (Å²) in [4.78, 5) is 21.8. The fourth-order valence-electron chi connectivity index (χ4n) is 3.68. The third kappa shape index (κ3) is 3.29.